The molecule has 5 heteroatoms. The lowest BCUT2D eigenvalue weighted by Gasteiger charge is -1.96. The average Bonchev–Trinajstić information content (AvgIpc) is 3.32. The van der Waals surface area contributed by atoms with Crippen LogP contribution in [0.2, 0.25) is 0 Å². The van der Waals surface area contributed by atoms with Crippen molar-refractivity contribution in [3.8, 4) is 5.88 Å². The molecular weight excluding hydrogens is 290 g/mol. The lowest BCUT2D eigenvalue weighted by atomic mass is 10.1. The molecule has 2 atom stereocenters. The summed E-state index contributed by atoms with van der Waals surface area (Å²) in [5.41, 5.74) is 2.24. The summed E-state index contributed by atoms with van der Waals surface area (Å²) in [4.78, 5) is 15.0. The fourth-order valence-electron chi connectivity index (χ4n) is 2.92. The van der Waals surface area contributed by atoms with E-state index < -0.39 is 0 Å². The van der Waals surface area contributed by atoms with E-state index in [0.29, 0.717) is 5.69 Å². The lowest BCUT2D eigenvalue weighted by Crippen LogP contribution is -1.96. The van der Waals surface area contributed by atoms with Gasteiger partial charge in [-0.15, -0.1) is 10.2 Å². The number of para-hydroxylation sites is 1. The maximum atomic E-state index is 12.2. The molecule has 1 fully saturated rings. The van der Waals surface area contributed by atoms with E-state index in [1.165, 1.54) is 0 Å². The Morgan fingerprint density at radius 2 is 1.83 bits per heavy atom. The molecule has 1 aromatic heterocycles. The number of hydrogen-bond donors (Lipinski definition) is 2. The molecule has 2 aromatic carbocycles. The SMILES string of the molecule is O=C(N=Nc1c(O)[nH]c2ccccc12)[C@H]1C[C@H]1c1ccccc1. The van der Waals surface area contributed by atoms with Gasteiger partial charge in [-0.2, -0.15) is 0 Å². The summed E-state index contributed by atoms with van der Waals surface area (Å²) in [5.74, 6) is -0.172. The normalized spacial score (nSPS) is 20.2. The van der Waals surface area contributed by atoms with Crippen molar-refractivity contribution in [1.82, 2.24) is 4.98 Å². The first kappa shape index (κ1) is 13.7. The van der Waals surface area contributed by atoms with Gasteiger partial charge in [0.15, 0.2) is 5.69 Å². The molecular formula is C18H15N3O2. The number of hydrogen-bond acceptors (Lipinski definition) is 3. The third kappa shape index (κ3) is 2.50. The van der Waals surface area contributed by atoms with Crippen LogP contribution in [0, 0.1) is 5.92 Å². The molecule has 0 bridgehead atoms. The second kappa shape index (κ2) is 5.35. The molecule has 1 saturated carbocycles. The van der Waals surface area contributed by atoms with Gasteiger partial charge in [0.05, 0.1) is 5.52 Å². The van der Waals surface area contributed by atoms with Crippen LogP contribution in [0.15, 0.2) is 64.8 Å². The van der Waals surface area contributed by atoms with Gasteiger partial charge in [0.2, 0.25) is 5.88 Å². The number of aromatic amines is 1. The Hall–Kier alpha value is -2.95. The highest BCUT2D eigenvalue weighted by atomic mass is 16.3. The second-order valence-corrected chi connectivity index (χ2v) is 5.77. The molecule has 4 rings (SSSR count). The zero-order chi connectivity index (χ0) is 15.8. The topological polar surface area (TPSA) is 77.8 Å². The van der Waals surface area contributed by atoms with Crippen molar-refractivity contribution in [2.24, 2.45) is 16.1 Å². The van der Waals surface area contributed by atoms with E-state index >= 15 is 0 Å². The van der Waals surface area contributed by atoms with Crippen molar-refractivity contribution < 1.29 is 9.90 Å². The molecule has 1 aliphatic rings. The minimum atomic E-state index is -0.233. The number of carbonyl (C=O) groups excluding carboxylic acids is 1. The van der Waals surface area contributed by atoms with Crippen molar-refractivity contribution in [1.29, 1.82) is 0 Å². The van der Waals surface area contributed by atoms with E-state index in [9.17, 15) is 9.90 Å². The fraction of sp³-hybridized carbons (Fsp3) is 0.167. The van der Waals surface area contributed by atoms with Gasteiger partial charge in [-0.05, 0) is 24.0 Å². The zero-order valence-electron chi connectivity index (χ0n) is 12.3. The quantitative estimate of drug-likeness (QED) is 0.708. The van der Waals surface area contributed by atoms with Crippen LogP contribution in [0.3, 0.4) is 0 Å². The molecule has 0 unspecified atom stereocenters. The number of fused-ring (bicyclic) bond motifs is 1. The molecule has 1 heterocycles. The van der Waals surface area contributed by atoms with Crippen LogP contribution in [0.4, 0.5) is 5.69 Å². The van der Waals surface area contributed by atoms with Gasteiger partial charge in [-0.3, -0.25) is 4.79 Å². The van der Waals surface area contributed by atoms with Crippen molar-refractivity contribution in [3.05, 3.63) is 60.2 Å². The number of azo groups is 1. The summed E-state index contributed by atoms with van der Waals surface area (Å²) in [5, 5.41) is 18.5. The van der Waals surface area contributed by atoms with Gasteiger partial charge in [0.1, 0.15) is 0 Å². The molecule has 114 valence electrons. The maximum Gasteiger partial charge on any atom is 0.268 e. The summed E-state index contributed by atoms with van der Waals surface area (Å²) in [6.45, 7) is 0. The van der Waals surface area contributed by atoms with E-state index in [1.807, 2.05) is 54.6 Å². The van der Waals surface area contributed by atoms with Crippen LogP contribution in [-0.4, -0.2) is 16.0 Å². The highest BCUT2D eigenvalue weighted by Crippen LogP contribution is 2.48. The predicted octanol–water partition coefficient (Wildman–Crippen LogP) is 4.29. The van der Waals surface area contributed by atoms with Crippen molar-refractivity contribution in [3.63, 3.8) is 0 Å². The number of carbonyl (C=O) groups is 1. The summed E-state index contributed by atoms with van der Waals surface area (Å²) in [6, 6.07) is 17.3. The molecule has 1 aliphatic carbocycles. The number of H-pyrrole nitrogens is 1. The maximum absolute atomic E-state index is 12.2. The predicted molar refractivity (Wildman–Crippen MR) is 86.8 cm³/mol. The minimum Gasteiger partial charge on any atom is -0.493 e. The van der Waals surface area contributed by atoms with Crippen molar-refractivity contribution >= 4 is 22.5 Å². The first-order valence-corrected chi connectivity index (χ1v) is 7.54. The summed E-state index contributed by atoms with van der Waals surface area (Å²) < 4.78 is 0. The molecule has 2 N–H and O–H groups in total. The van der Waals surface area contributed by atoms with Crippen LogP contribution in [0.1, 0.15) is 17.9 Å². The van der Waals surface area contributed by atoms with E-state index in [0.717, 1.165) is 22.9 Å². The molecule has 0 radical (unpaired) electrons. The van der Waals surface area contributed by atoms with Crippen LogP contribution in [-0.2, 0) is 4.79 Å². The summed E-state index contributed by atoms with van der Waals surface area (Å²) >= 11 is 0. The summed E-state index contributed by atoms with van der Waals surface area (Å²) in [7, 11) is 0. The first-order chi connectivity index (χ1) is 11.2. The van der Waals surface area contributed by atoms with E-state index in [1.54, 1.807) is 0 Å². The standard InChI is InChI=1S/C18H15N3O2/c22-17(14-10-13(14)11-6-2-1-3-7-11)21-20-16-12-8-4-5-9-15(12)19-18(16)23/h1-9,13-14,19,23H,10H2/t13-,14-/m0/s1. The highest BCUT2D eigenvalue weighted by Gasteiger charge is 2.44. The monoisotopic (exact) mass is 305 g/mol. The largest absolute Gasteiger partial charge is 0.493 e. The minimum absolute atomic E-state index is 0.0712. The van der Waals surface area contributed by atoms with Crippen molar-refractivity contribution in [2.75, 3.05) is 0 Å². The smallest absolute Gasteiger partial charge is 0.268 e. The number of benzene rings is 2. The molecule has 0 aliphatic heterocycles. The third-order valence-corrected chi connectivity index (χ3v) is 4.24. The molecule has 0 spiro atoms. The number of amides is 1. The van der Waals surface area contributed by atoms with Gasteiger partial charge in [0.25, 0.3) is 5.91 Å². The molecule has 1 amide bonds. The highest BCUT2D eigenvalue weighted by molar-refractivity contribution is 5.94. The number of aromatic hydroxyl groups is 1. The zero-order valence-corrected chi connectivity index (χ0v) is 12.3. The van der Waals surface area contributed by atoms with Crippen LogP contribution >= 0.6 is 0 Å². The number of nitrogens with one attached hydrogen (secondary N) is 1. The van der Waals surface area contributed by atoms with Gasteiger partial charge >= 0.3 is 0 Å². The third-order valence-electron chi connectivity index (χ3n) is 4.24. The Balaban J connectivity index is 1.53. The van der Waals surface area contributed by atoms with Gasteiger partial charge < -0.3 is 10.1 Å². The molecule has 5 nitrogen and oxygen atoms in total. The molecule has 0 saturated heterocycles. The van der Waals surface area contributed by atoms with E-state index in [-0.39, 0.29) is 23.6 Å². The number of aromatic nitrogens is 1. The average molecular weight is 305 g/mol. The molecule has 3 aromatic rings. The van der Waals surface area contributed by atoms with Gasteiger partial charge in [-0.25, -0.2) is 0 Å². The van der Waals surface area contributed by atoms with E-state index in [4.69, 9.17) is 0 Å². The fourth-order valence-corrected chi connectivity index (χ4v) is 2.92. The molecule has 23 heavy (non-hydrogen) atoms. The lowest BCUT2D eigenvalue weighted by molar-refractivity contribution is -0.119. The van der Waals surface area contributed by atoms with Crippen LogP contribution < -0.4 is 0 Å². The first-order valence-electron chi connectivity index (χ1n) is 7.54. The Bertz CT molecular complexity index is 899. The van der Waals surface area contributed by atoms with Gasteiger partial charge in [0, 0.05) is 11.3 Å². The van der Waals surface area contributed by atoms with E-state index in [2.05, 4.69) is 15.2 Å². The van der Waals surface area contributed by atoms with Crippen LogP contribution in [0.25, 0.3) is 10.9 Å². The van der Waals surface area contributed by atoms with Crippen molar-refractivity contribution in [2.45, 2.75) is 12.3 Å². The van der Waals surface area contributed by atoms with Crippen LogP contribution in [0.5, 0.6) is 5.88 Å². The number of nitrogens with zero attached hydrogens (tertiary/aromatic N) is 2. The second-order valence-electron chi connectivity index (χ2n) is 5.77. The van der Waals surface area contributed by atoms with Gasteiger partial charge in [-0.1, -0.05) is 48.5 Å². The summed E-state index contributed by atoms with van der Waals surface area (Å²) in [6.07, 6.45) is 0.807. The Labute approximate surface area is 132 Å². The Morgan fingerprint density at radius 3 is 2.65 bits per heavy atom. The Kier molecular flexibility index (Phi) is 3.19. The Morgan fingerprint density at radius 1 is 1.09 bits per heavy atom. The number of rotatable bonds is 3.